The van der Waals surface area contributed by atoms with Crippen LogP contribution in [0, 0.1) is 0 Å². The molecule has 0 aliphatic carbocycles. The van der Waals surface area contributed by atoms with Gasteiger partial charge in [-0.2, -0.15) is 0 Å². The molecule has 5 heteroatoms. The Bertz CT molecular complexity index is 2190. The Balaban J connectivity index is 1.26. The fourth-order valence-corrected chi connectivity index (χ4v) is 5.30. The predicted octanol–water partition coefficient (Wildman–Crippen LogP) is 8.99. The van der Waals surface area contributed by atoms with Gasteiger partial charge in [-0.1, -0.05) is 115 Å². The van der Waals surface area contributed by atoms with Gasteiger partial charge >= 0.3 is 0 Å². The van der Waals surface area contributed by atoms with Gasteiger partial charge in [0.2, 0.25) is 0 Å². The van der Waals surface area contributed by atoms with Crippen LogP contribution in [0.5, 0.6) is 0 Å². The zero-order valence-electron chi connectivity index (χ0n) is 21.9. The number of nitrogens with zero attached hydrogens (tertiary/aromatic N) is 4. The molecule has 5 aromatic carbocycles. The van der Waals surface area contributed by atoms with E-state index in [0.717, 1.165) is 61.0 Å². The van der Waals surface area contributed by atoms with Crippen LogP contribution in [0.2, 0.25) is 0 Å². The van der Waals surface area contributed by atoms with E-state index < -0.39 is 0 Å². The van der Waals surface area contributed by atoms with Crippen molar-refractivity contribution < 1.29 is 4.42 Å². The number of hydrogen-bond acceptors (Lipinski definition) is 5. The van der Waals surface area contributed by atoms with Crippen LogP contribution in [0.15, 0.2) is 138 Å². The Morgan fingerprint density at radius 3 is 1.63 bits per heavy atom. The summed E-state index contributed by atoms with van der Waals surface area (Å²) in [5, 5.41) is 2.00. The summed E-state index contributed by atoms with van der Waals surface area (Å²) in [5.41, 5.74) is 8.77. The number of para-hydroxylation sites is 2. The molecule has 41 heavy (non-hydrogen) atoms. The maximum Gasteiger partial charge on any atom is 0.180 e. The summed E-state index contributed by atoms with van der Waals surface area (Å²) in [4.78, 5) is 19.9. The van der Waals surface area contributed by atoms with Crippen LogP contribution >= 0.6 is 0 Å². The largest absolute Gasteiger partial charge is 0.452 e. The van der Waals surface area contributed by atoms with E-state index in [1.54, 1.807) is 0 Å². The average Bonchev–Trinajstić information content (AvgIpc) is 3.43. The molecule has 0 atom stereocenters. The van der Waals surface area contributed by atoms with Gasteiger partial charge in [0.1, 0.15) is 16.8 Å². The quantitative estimate of drug-likeness (QED) is 0.229. The Kier molecular flexibility index (Phi) is 5.38. The van der Waals surface area contributed by atoms with Gasteiger partial charge in [-0.25, -0.2) is 19.9 Å². The molecule has 192 valence electrons. The zero-order chi connectivity index (χ0) is 27.2. The monoisotopic (exact) mass is 526 g/mol. The summed E-state index contributed by atoms with van der Waals surface area (Å²) in [5.74, 6) is 1.31. The highest BCUT2D eigenvalue weighted by Crippen LogP contribution is 2.36. The number of rotatable bonds is 4. The standard InChI is InChI=1S/C36H22N4O/c1-3-11-23(12-4-1)31-27-15-7-9-17-29(27)37-35(38-31)25-19-21-26(22-20-25)36-39-32(24-13-5-2-6-14-24)34-33(40-36)28-16-8-10-18-30(28)41-34/h1-22H. The van der Waals surface area contributed by atoms with Crippen LogP contribution in [0.1, 0.15) is 0 Å². The van der Waals surface area contributed by atoms with Gasteiger partial charge in [0.25, 0.3) is 0 Å². The Morgan fingerprint density at radius 1 is 0.390 bits per heavy atom. The second-order valence-electron chi connectivity index (χ2n) is 9.89. The van der Waals surface area contributed by atoms with Crippen LogP contribution in [0.3, 0.4) is 0 Å². The minimum atomic E-state index is 0.638. The molecule has 0 spiro atoms. The van der Waals surface area contributed by atoms with Gasteiger partial charge in [0, 0.05) is 33.0 Å². The van der Waals surface area contributed by atoms with E-state index in [1.807, 2.05) is 115 Å². The average molecular weight is 527 g/mol. The number of hydrogen-bond donors (Lipinski definition) is 0. The minimum Gasteiger partial charge on any atom is -0.452 e. The summed E-state index contributed by atoms with van der Waals surface area (Å²) < 4.78 is 6.25. The van der Waals surface area contributed by atoms with E-state index in [0.29, 0.717) is 17.2 Å². The van der Waals surface area contributed by atoms with Crippen molar-refractivity contribution in [1.29, 1.82) is 0 Å². The van der Waals surface area contributed by atoms with Crippen molar-refractivity contribution in [3.05, 3.63) is 133 Å². The van der Waals surface area contributed by atoms with Crippen LogP contribution in [-0.4, -0.2) is 19.9 Å². The highest BCUT2D eigenvalue weighted by Gasteiger charge is 2.18. The van der Waals surface area contributed by atoms with Gasteiger partial charge in [-0.3, -0.25) is 0 Å². The zero-order valence-corrected chi connectivity index (χ0v) is 21.9. The van der Waals surface area contributed by atoms with Crippen molar-refractivity contribution in [2.24, 2.45) is 0 Å². The lowest BCUT2D eigenvalue weighted by atomic mass is 10.0. The molecular weight excluding hydrogens is 504 g/mol. The second-order valence-corrected chi connectivity index (χ2v) is 9.89. The van der Waals surface area contributed by atoms with Crippen molar-refractivity contribution in [3.63, 3.8) is 0 Å². The van der Waals surface area contributed by atoms with E-state index in [9.17, 15) is 0 Å². The maximum absolute atomic E-state index is 6.25. The van der Waals surface area contributed by atoms with Crippen molar-refractivity contribution in [1.82, 2.24) is 19.9 Å². The lowest BCUT2D eigenvalue weighted by Gasteiger charge is -2.10. The first kappa shape index (κ1) is 23.2. The summed E-state index contributed by atoms with van der Waals surface area (Å²) in [6, 6.07) is 44.6. The van der Waals surface area contributed by atoms with E-state index >= 15 is 0 Å². The Morgan fingerprint density at radius 2 is 0.927 bits per heavy atom. The minimum absolute atomic E-state index is 0.638. The Labute approximate surface area is 235 Å². The molecule has 0 aliphatic heterocycles. The Hall–Kier alpha value is -5.68. The maximum atomic E-state index is 6.25. The van der Waals surface area contributed by atoms with Crippen LogP contribution in [0.25, 0.3) is 78.3 Å². The van der Waals surface area contributed by atoms with Crippen LogP contribution < -0.4 is 0 Å². The predicted molar refractivity (Wildman–Crippen MR) is 164 cm³/mol. The number of furan rings is 1. The van der Waals surface area contributed by atoms with Crippen LogP contribution in [0.4, 0.5) is 0 Å². The van der Waals surface area contributed by atoms with Crippen molar-refractivity contribution in [2.45, 2.75) is 0 Å². The summed E-state index contributed by atoms with van der Waals surface area (Å²) in [6.07, 6.45) is 0. The number of fused-ring (bicyclic) bond motifs is 4. The smallest absolute Gasteiger partial charge is 0.180 e. The highest BCUT2D eigenvalue weighted by molar-refractivity contribution is 6.07. The van der Waals surface area contributed by atoms with Gasteiger partial charge in [0.05, 0.1) is 11.2 Å². The first-order valence-electron chi connectivity index (χ1n) is 13.5. The molecule has 0 unspecified atom stereocenters. The molecule has 8 rings (SSSR count). The molecule has 5 nitrogen and oxygen atoms in total. The van der Waals surface area contributed by atoms with Gasteiger partial charge in [-0.15, -0.1) is 0 Å². The number of benzene rings is 5. The number of aromatic nitrogens is 4. The summed E-state index contributed by atoms with van der Waals surface area (Å²) in [6.45, 7) is 0. The molecule has 0 amide bonds. The molecule has 0 radical (unpaired) electrons. The summed E-state index contributed by atoms with van der Waals surface area (Å²) >= 11 is 0. The molecule has 3 aromatic heterocycles. The molecule has 0 bridgehead atoms. The summed E-state index contributed by atoms with van der Waals surface area (Å²) in [7, 11) is 0. The molecular formula is C36H22N4O. The van der Waals surface area contributed by atoms with Gasteiger partial charge in [-0.05, 0) is 18.2 Å². The van der Waals surface area contributed by atoms with E-state index in [2.05, 4.69) is 18.2 Å². The molecule has 0 fully saturated rings. The molecule has 8 aromatic rings. The van der Waals surface area contributed by atoms with Crippen molar-refractivity contribution in [3.8, 4) is 45.3 Å². The van der Waals surface area contributed by atoms with Crippen molar-refractivity contribution in [2.75, 3.05) is 0 Å². The van der Waals surface area contributed by atoms with Crippen molar-refractivity contribution >= 4 is 33.0 Å². The molecule has 0 saturated heterocycles. The normalized spacial score (nSPS) is 11.4. The van der Waals surface area contributed by atoms with E-state index in [1.165, 1.54) is 0 Å². The van der Waals surface area contributed by atoms with Crippen LogP contribution in [-0.2, 0) is 0 Å². The SMILES string of the molecule is c1ccc(-c2nc(-c3ccc(-c4nc(-c5ccccc5)c5oc6ccccc6c5n4)cc3)nc3ccccc23)cc1. The second kappa shape index (κ2) is 9.50. The first-order chi connectivity index (χ1) is 20.3. The lowest BCUT2D eigenvalue weighted by molar-refractivity contribution is 0.667. The van der Waals surface area contributed by atoms with Gasteiger partial charge in [0.15, 0.2) is 17.2 Å². The van der Waals surface area contributed by atoms with Gasteiger partial charge < -0.3 is 4.42 Å². The fourth-order valence-electron chi connectivity index (χ4n) is 5.30. The highest BCUT2D eigenvalue weighted by atomic mass is 16.3. The van der Waals surface area contributed by atoms with E-state index in [4.69, 9.17) is 24.4 Å². The molecule has 3 heterocycles. The third-order valence-corrected chi connectivity index (χ3v) is 7.32. The topological polar surface area (TPSA) is 64.7 Å². The molecule has 0 N–H and O–H groups in total. The molecule has 0 aliphatic rings. The molecule has 0 saturated carbocycles. The fraction of sp³-hybridized carbons (Fsp3) is 0. The third kappa shape index (κ3) is 4.03. The first-order valence-corrected chi connectivity index (χ1v) is 13.5. The van der Waals surface area contributed by atoms with E-state index in [-0.39, 0.29) is 0 Å². The third-order valence-electron chi connectivity index (χ3n) is 7.32. The lowest BCUT2D eigenvalue weighted by Crippen LogP contribution is -1.96.